The summed E-state index contributed by atoms with van der Waals surface area (Å²) in [5.74, 6) is -0.914. The maximum Gasteiger partial charge on any atom is 0.338 e. The molecule has 0 radical (unpaired) electrons. The molecule has 2 aromatic carbocycles. The van der Waals surface area contributed by atoms with Crippen LogP contribution in [0.2, 0.25) is 10.0 Å². The van der Waals surface area contributed by atoms with Crippen LogP contribution < -0.4 is 10.3 Å². The molecule has 13 heteroatoms. The van der Waals surface area contributed by atoms with Gasteiger partial charge in [0.2, 0.25) is 0 Å². The summed E-state index contributed by atoms with van der Waals surface area (Å²) in [5, 5.41) is -0.551. The van der Waals surface area contributed by atoms with Crippen LogP contribution in [0, 0.1) is 12.8 Å². The highest BCUT2D eigenvalue weighted by atomic mass is 35.5. The van der Waals surface area contributed by atoms with Crippen LogP contribution in [0.15, 0.2) is 52.2 Å². The second-order valence-corrected chi connectivity index (χ2v) is 11.9. The molecule has 0 spiro atoms. The zero-order valence-corrected chi connectivity index (χ0v) is 23.9. The number of hydrogen-bond acceptors (Lipinski definition) is 6. The Balaban J connectivity index is 1.59. The topological polar surface area (TPSA) is 120 Å². The molecule has 1 atom stereocenters. The number of nitrogens with zero attached hydrogens (tertiary/aromatic N) is 3. The molecule has 4 rings (SSSR count). The van der Waals surface area contributed by atoms with E-state index in [4.69, 9.17) is 27.9 Å². The Bertz CT molecular complexity index is 1580. The minimum absolute atomic E-state index is 0.192. The minimum atomic E-state index is -4.48. The molecule has 1 unspecified atom stereocenters. The third kappa shape index (κ3) is 6.00. The highest BCUT2D eigenvalue weighted by Gasteiger charge is 2.28. The monoisotopic (exact) mass is 594 g/mol. The number of benzene rings is 2. The molecule has 39 heavy (non-hydrogen) atoms. The van der Waals surface area contributed by atoms with Crippen molar-refractivity contribution in [3.63, 3.8) is 0 Å². The lowest BCUT2D eigenvalue weighted by atomic mass is 10.0. The molecular weight excluding hydrogens is 567 g/mol. The number of hydrogen-bond donors (Lipinski definition) is 1. The number of ether oxygens (including phenoxy) is 1. The van der Waals surface area contributed by atoms with E-state index in [0.29, 0.717) is 30.4 Å². The number of nitrogens with one attached hydrogen (secondary N) is 1. The minimum Gasteiger partial charge on any atom is -0.452 e. The fraction of sp³-hybridized carbons (Fsp3) is 0.346. The first-order valence-electron chi connectivity index (χ1n) is 12.2. The SMILES string of the molecule is Cc1c(NS(=O)(=O)c2cc(C(=O)OCC(=O)N3CCCC(C)C3)cc(Cl)c2Cl)c(=O)n(-c2ccccc2)n1C. The van der Waals surface area contributed by atoms with E-state index in [1.807, 2.05) is 6.92 Å². The van der Waals surface area contributed by atoms with Crippen molar-refractivity contribution in [1.82, 2.24) is 14.3 Å². The maximum atomic E-state index is 13.4. The van der Waals surface area contributed by atoms with Crippen LogP contribution in [-0.4, -0.2) is 54.3 Å². The number of para-hydroxylation sites is 1. The Labute approximate surface area is 236 Å². The van der Waals surface area contributed by atoms with E-state index in [1.54, 1.807) is 49.2 Å². The molecule has 0 bridgehead atoms. The molecule has 0 aliphatic carbocycles. The van der Waals surface area contributed by atoms with Gasteiger partial charge in [-0.05, 0) is 49.9 Å². The van der Waals surface area contributed by atoms with Crippen molar-refractivity contribution in [2.45, 2.75) is 31.6 Å². The van der Waals surface area contributed by atoms with E-state index >= 15 is 0 Å². The molecule has 208 valence electrons. The summed E-state index contributed by atoms with van der Waals surface area (Å²) >= 11 is 12.4. The van der Waals surface area contributed by atoms with E-state index in [2.05, 4.69) is 4.72 Å². The molecule has 1 N–H and O–H groups in total. The lowest BCUT2D eigenvalue weighted by molar-refractivity contribution is -0.136. The van der Waals surface area contributed by atoms with Gasteiger partial charge in [0.15, 0.2) is 6.61 Å². The van der Waals surface area contributed by atoms with Crippen molar-refractivity contribution in [3.05, 3.63) is 74.1 Å². The lowest BCUT2D eigenvalue weighted by Crippen LogP contribution is -2.41. The summed E-state index contributed by atoms with van der Waals surface area (Å²) in [6, 6.07) is 10.9. The Morgan fingerprint density at radius 2 is 1.85 bits per heavy atom. The van der Waals surface area contributed by atoms with Gasteiger partial charge in [0.25, 0.3) is 21.5 Å². The van der Waals surface area contributed by atoms with E-state index in [9.17, 15) is 22.8 Å². The molecular formula is C26H28Cl2N4O6S. The maximum absolute atomic E-state index is 13.4. The largest absolute Gasteiger partial charge is 0.452 e. The van der Waals surface area contributed by atoms with Crippen LogP contribution in [0.5, 0.6) is 0 Å². The Hall–Kier alpha value is -3.28. The van der Waals surface area contributed by atoms with Gasteiger partial charge in [0.1, 0.15) is 10.6 Å². The number of sulfonamides is 1. The van der Waals surface area contributed by atoms with Gasteiger partial charge >= 0.3 is 5.97 Å². The molecule has 1 fully saturated rings. The highest BCUT2D eigenvalue weighted by molar-refractivity contribution is 7.92. The van der Waals surface area contributed by atoms with Crippen LogP contribution in [0.1, 0.15) is 35.8 Å². The average Bonchev–Trinajstić information content (AvgIpc) is 3.11. The molecule has 3 aromatic rings. The first-order chi connectivity index (χ1) is 18.4. The normalized spacial score (nSPS) is 15.7. The van der Waals surface area contributed by atoms with Gasteiger partial charge in [-0.3, -0.25) is 19.0 Å². The fourth-order valence-corrected chi connectivity index (χ4v) is 6.40. The molecule has 1 saturated heterocycles. The second kappa shape index (κ2) is 11.4. The number of carbonyl (C=O) groups excluding carboxylic acids is 2. The third-order valence-corrected chi connectivity index (χ3v) is 8.94. The summed E-state index contributed by atoms with van der Waals surface area (Å²) in [6.45, 7) is 4.31. The fourth-order valence-electron chi connectivity index (χ4n) is 4.47. The molecule has 1 aliphatic rings. The summed E-state index contributed by atoms with van der Waals surface area (Å²) in [5.41, 5.74) is -0.124. The Morgan fingerprint density at radius 1 is 1.15 bits per heavy atom. The quantitative estimate of drug-likeness (QED) is 0.413. The number of esters is 1. The van der Waals surface area contributed by atoms with Crippen LogP contribution in [0.3, 0.4) is 0 Å². The van der Waals surface area contributed by atoms with Gasteiger partial charge in [0.05, 0.1) is 27.0 Å². The standard InChI is InChI=1S/C26H28Cl2N4O6S/c1-16-8-7-11-31(14-16)22(33)15-38-26(35)18-12-20(27)23(28)21(13-18)39(36,37)29-24-17(2)30(3)32(25(24)34)19-9-5-4-6-10-19/h4-6,9-10,12-13,16,29H,7-8,11,14-15H2,1-3H3. The van der Waals surface area contributed by atoms with Crippen LogP contribution in [0.25, 0.3) is 5.69 Å². The number of halogens is 2. The van der Waals surface area contributed by atoms with Crippen molar-refractivity contribution >= 4 is 50.8 Å². The number of carbonyl (C=O) groups is 2. The number of aromatic nitrogens is 2. The summed E-state index contributed by atoms with van der Waals surface area (Å²) in [6.07, 6.45) is 1.90. The van der Waals surface area contributed by atoms with Crippen molar-refractivity contribution < 1.29 is 22.7 Å². The predicted octanol–water partition coefficient (Wildman–Crippen LogP) is 4.01. The number of anilines is 1. The average molecular weight is 596 g/mol. The van der Waals surface area contributed by atoms with E-state index < -0.39 is 33.1 Å². The Kier molecular flexibility index (Phi) is 8.43. The molecule has 1 aliphatic heterocycles. The van der Waals surface area contributed by atoms with Crippen molar-refractivity contribution in [1.29, 1.82) is 0 Å². The molecule has 0 saturated carbocycles. The molecule has 1 aromatic heterocycles. The zero-order valence-electron chi connectivity index (χ0n) is 21.6. The number of rotatable bonds is 7. The highest BCUT2D eigenvalue weighted by Crippen LogP contribution is 2.32. The van der Waals surface area contributed by atoms with Crippen LogP contribution in [-0.2, 0) is 26.6 Å². The number of likely N-dealkylation sites (tertiary alicyclic amines) is 1. The summed E-state index contributed by atoms with van der Waals surface area (Å²) in [4.78, 5) is 39.5. The molecule has 2 heterocycles. The smallest absolute Gasteiger partial charge is 0.338 e. The first-order valence-corrected chi connectivity index (χ1v) is 14.5. The summed E-state index contributed by atoms with van der Waals surface area (Å²) in [7, 11) is -2.86. The van der Waals surface area contributed by atoms with Crippen LogP contribution >= 0.6 is 23.2 Å². The van der Waals surface area contributed by atoms with Gasteiger partial charge in [-0.1, -0.05) is 48.3 Å². The summed E-state index contributed by atoms with van der Waals surface area (Å²) < 4.78 is 37.1. The van der Waals surface area contributed by atoms with Gasteiger partial charge < -0.3 is 9.64 Å². The molecule has 1 amide bonds. The van der Waals surface area contributed by atoms with Gasteiger partial charge in [-0.15, -0.1) is 0 Å². The first kappa shape index (κ1) is 28.7. The van der Waals surface area contributed by atoms with E-state index in [-0.39, 0.29) is 27.2 Å². The molecule has 10 nitrogen and oxygen atoms in total. The number of piperidine rings is 1. The van der Waals surface area contributed by atoms with Gasteiger partial charge in [-0.2, -0.15) is 0 Å². The lowest BCUT2D eigenvalue weighted by Gasteiger charge is -2.30. The van der Waals surface area contributed by atoms with Crippen molar-refractivity contribution in [3.8, 4) is 5.69 Å². The second-order valence-electron chi connectivity index (χ2n) is 9.48. The van der Waals surface area contributed by atoms with Crippen molar-refractivity contribution in [2.24, 2.45) is 13.0 Å². The van der Waals surface area contributed by atoms with E-state index in [1.165, 1.54) is 9.36 Å². The predicted molar refractivity (Wildman–Crippen MR) is 148 cm³/mol. The van der Waals surface area contributed by atoms with Crippen molar-refractivity contribution in [2.75, 3.05) is 24.4 Å². The Morgan fingerprint density at radius 3 is 2.51 bits per heavy atom. The van der Waals surface area contributed by atoms with Gasteiger partial charge in [0, 0.05) is 20.1 Å². The third-order valence-electron chi connectivity index (χ3n) is 6.65. The van der Waals surface area contributed by atoms with Crippen LogP contribution in [0.4, 0.5) is 5.69 Å². The number of amides is 1. The zero-order chi connectivity index (χ0) is 28.5. The van der Waals surface area contributed by atoms with Gasteiger partial charge in [-0.25, -0.2) is 17.9 Å². The van der Waals surface area contributed by atoms with E-state index in [0.717, 1.165) is 25.0 Å².